The third kappa shape index (κ3) is 3.49. The zero-order valence-electron chi connectivity index (χ0n) is 9.96. The Bertz CT molecular complexity index is 608. The van der Waals surface area contributed by atoms with Crippen molar-refractivity contribution >= 4 is 60.8 Å². The molecule has 0 aromatic heterocycles. The molecule has 2 aromatic rings. The van der Waals surface area contributed by atoms with Gasteiger partial charge in [0.15, 0.2) is 0 Å². The van der Waals surface area contributed by atoms with Gasteiger partial charge in [0.25, 0.3) is 0 Å². The first-order valence-corrected chi connectivity index (χ1v) is 5.22. The van der Waals surface area contributed by atoms with E-state index in [1.165, 1.54) is 18.2 Å². The Labute approximate surface area is 150 Å². The Kier molecular flexibility index (Phi) is 5.84. The first kappa shape index (κ1) is 16.0. The van der Waals surface area contributed by atoms with Crippen LogP contribution in [0.3, 0.4) is 0 Å². The van der Waals surface area contributed by atoms with Gasteiger partial charge in [-0.05, 0) is 11.1 Å². The molecule has 0 fully saturated rings. The summed E-state index contributed by atoms with van der Waals surface area (Å²) in [5.41, 5.74) is 0.178. The number of carboxylic acids is 2. The first-order valence-electron chi connectivity index (χ1n) is 5.22. The van der Waals surface area contributed by atoms with Gasteiger partial charge in [0.05, 0.1) is 11.9 Å². The van der Waals surface area contributed by atoms with Crippen molar-refractivity contribution in [3.05, 3.63) is 59.7 Å². The fourth-order valence-corrected chi connectivity index (χ4v) is 1.80. The van der Waals surface area contributed by atoms with Crippen LogP contribution in [0.2, 0.25) is 0 Å². The number of aromatic carboxylic acids is 2. The smallest absolute Gasteiger partial charge is 0.545 e. The van der Waals surface area contributed by atoms with Crippen LogP contribution in [0.5, 0.6) is 0 Å². The third-order valence-corrected chi connectivity index (χ3v) is 2.57. The Morgan fingerprint density at radius 2 is 1.42 bits per heavy atom. The van der Waals surface area contributed by atoms with Crippen molar-refractivity contribution in [3.8, 4) is 11.1 Å². The van der Waals surface area contributed by atoms with E-state index in [4.69, 9.17) is 0 Å². The van der Waals surface area contributed by atoms with E-state index in [2.05, 4.69) is 0 Å². The summed E-state index contributed by atoms with van der Waals surface area (Å²) in [6.45, 7) is 0. The number of carbonyl (C=O) groups excluding carboxylic acids is 2. The molecule has 0 bridgehead atoms. The third-order valence-electron chi connectivity index (χ3n) is 2.57. The van der Waals surface area contributed by atoms with E-state index in [-0.39, 0.29) is 60.0 Å². The summed E-state index contributed by atoms with van der Waals surface area (Å²) in [7, 11) is 0. The average molecular weight is 378 g/mol. The molecule has 0 saturated carbocycles. The van der Waals surface area contributed by atoms with Gasteiger partial charge in [0.2, 0.25) is 0 Å². The molecule has 0 unspecified atom stereocenters. The minimum absolute atomic E-state index is 0. The maximum atomic E-state index is 11.1. The fraction of sp³-hybridized carbons (Fsp3) is 0. The van der Waals surface area contributed by atoms with Crippen molar-refractivity contribution in [1.82, 2.24) is 0 Å². The van der Waals surface area contributed by atoms with Crippen molar-refractivity contribution in [3.63, 3.8) is 0 Å². The molecule has 0 spiro atoms. The van der Waals surface area contributed by atoms with E-state index in [0.717, 1.165) is 0 Å². The van der Waals surface area contributed by atoms with E-state index in [9.17, 15) is 19.8 Å². The van der Waals surface area contributed by atoms with Gasteiger partial charge in [-0.1, -0.05) is 48.5 Å². The molecular weight excluding hydrogens is 369 g/mol. The Morgan fingerprint density at radius 3 is 1.95 bits per heavy atom. The van der Waals surface area contributed by atoms with Gasteiger partial charge in [-0.3, -0.25) is 0 Å². The number of hydrogen-bond acceptors (Lipinski definition) is 4. The van der Waals surface area contributed by atoms with E-state index < -0.39 is 11.9 Å². The van der Waals surface area contributed by atoms with Gasteiger partial charge in [-0.25, -0.2) is 0 Å². The van der Waals surface area contributed by atoms with Crippen LogP contribution in [0.25, 0.3) is 11.1 Å². The first-order chi connectivity index (χ1) is 8.61. The summed E-state index contributed by atoms with van der Waals surface area (Å²) in [5, 5.41) is 22.0. The van der Waals surface area contributed by atoms with Crippen LogP contribution in [0.15, 0.2) is 48.5 Å². The largest absolute Gasteiger partial charge is 2.00 e. The zero-order valence-corrected chi connectivity index (χ0v) is 14.4. The van der Waals surface area contributed by atoms with Gasteiger partial charge in [-0.2, -0.15) is 0 Å². The van der Waals surface area contributed by atoms with E-state index in [1.54, 1.807) is 30.3 Å². The van der Waals surface area contributed by atoms with Gasteiger partial charge < -0.3 is 19.8 Å². The molecular formula is C14H8BaO4. The maximum Gasteiger partial charge on any atom is 2.00 e. The summed E-state index contributed by atoms with van der Waals surface area (Å²) in [6, 6.07) is 12.8. The SMILES string of the molecule is O=C([O-])c1cccc(-c2ccccc2)c1C(=O)[O-].[Ba+2]. The number of hydrogen-bond donors (Lipinski definition) is 0. The average Bonchev–Trinajstić information content (AvgIpc) is 2.38. The Morgan fingerprint density at radius 1 is 0.789 bits per heavy atom. The van der Waals surface area contributed by atoms with Gasteiger partial charge >= 0.3 is 48.9 Å². The quantitative estimate of drug-likeness (QED) is 0.688. The minimum atomic E-state index is -1.54. The minimum Gasteiger partial charge on any atom is -0.545 e. The van der Waals surface area contributed by atoms with Crippen LogP contribution in [0.1, 0.15) is 20.7 Å². The number of carbonyl (C=O) groups is 2. The van der Waals surface area contributed by atoms with E-state index in [0.29, 0.717) is 11.1 Å². The molecule has 90 valence electrons. The van der Waals surface area contributed by atoms with E-state index >= 15 is 0 Å². The molecule has 5 heteroatoms. The van der Waals surface area contributed by atoms with Crippen LogP contribution in [0, 0.1) is 0 Å². The maximum absolute atomic E-state index is 11.1. The molecule has 0 aliphatic carbocycles. The van der Waals surface area contributed by atoms with Crippen molar-refractivity contribution in [2.75, 3.05) is 0 Å². The summed E-state index contributed by atoms with van der Waals surface area (Å²) >= 11 is 0. The molecule has 2 rings (SSSR count). The van der Waals surface area contributed by atoms with Crippen LogP contribution < -0.4 is 10.2 Å². The normalized spacial score (nSPS) is 9.47. The number of rotatable bonds is 3. The fourth-order valence-electron chi connectivity index (χ4n) is 1.80. The number of benzene rings is 2. The molecule has 19 heavy (non-hydrogen) atoms. The molecule has 0 radical (unpaired) electrons. The summed E-state index contributed by atoms with van der Waals surface area (Å²) in [5.74, 6) is -3.07. The van der Waals surface area contributed by atoms with Gasteiger partial charge in [-0.15, -0.1) is 0 Å². The second-order valence-electron chi connectivity index (χ2n) is 3.67. The topological polar surface area (TPSA) is 80.3 Å². The molecule has 2 aromatic carbocycles. The Balaban J connectivity index is 0.00000180. The van der Waals surface area contributed by atoms with Crippen molar-refractivity contribution in [2.45, 2.75) is 0 Å². The predicted molar refractivity (Wildman–Crippen MR) is 66.3 cm³/mol. The molecule has 0 atom stereocenters. The van der Waals surface area contributed by atoms with Crippen molar-refractivity contribution < 1.29 is 19.8 Å². The molecule has 0 heterocycles. The molecule has 0 saturated heterocycles. The van der Waals surface area contributed by atoms with E-state index in [1.807, 2.05) is 0 Å². The van der Waals surface area contributed by atoms with Crippen molar-refractivity contribution in [2.24, 2.45) is 0 Å². The monoisotopic (exact) mass is 378 g/mol. The summed E-state index contributed by atoms with van der Waals surface area (Å²) in [6.07, 6.45) is 0. The van der Waals surface area contributed by atoms with Gasteiger partial charge in [0.1, 0.15) is 0 Å². The van der Waals surface area contributed by atoms with Crippen LogP contribution in [0.4, 0.5) is 0 Å². The molecule has 4 nitrogen and oxygen atoms in total. The number of carboxylic acid groups (broad SMARTS) is 2. The summed E-state index contributed by atoms with van der Waals surface area (Å²) < 4.78 is 0. The summed E-state index contributed by atoms with van der Waals surface area (Å²) in [4.78, 5) is 22.0. The molecule has 0 aliphatic rings. The van der Waals surface area contributed by atoms with Crippen molar-refractivity contribution in [1.29, 1.82) is 0 Å². The molecule has 0 amide bonds. The van der Waals surface area contributed by atoms with Crippen LogP contribution in [-0.4, -0.2) is 60.8 Å². The van der Waals surface area contributed by atoms with Gasteiger partial charge in [0, 0.05) is 11.1 Å². The second kappa shape index (κ2) is 6.93. The Hall–Kier alpha value is -1.05. The van der Waals surface area contributed by atoms with Crippen LogP contribution >= 0.6 is 0 Å². The van der Waals surface area contributed by atoms with Crippen LogP contribution in [-0.2, 0) is 0 Å². The molecule has 0 aliphatic heterocycles. The predicted octanol–water partition coefficient (Wildman–Crippen LogP) is -0.300. The second-order valence-corrected chi connectivity index (χ2v) is 3.67. The standard InChI is InChI=1S/C14H10O4.Ba/c15-13(16)11-8-4-7-10(12(11)14(17)18)9-5-2-1-3-6-9;/h1-8H,(H,15,16)(H,17,18);/q;+2/p-2. The zero-order chi connectivity index (χ0) is 13.1. The molecule has 0 N–H and O–H groups in total.